The summed E-state index contributed by atoms with van der Waals surface area (Å²) in [5, 5.41) is 15.2. The molecule has 150 valence electrons. The fourth-order valence-corrected chi connectivity index (χ4v) is 5.03. The summed E-state index contributed by atoms with van der Waals surface area (Å²) in [6, 6.07) is 16.3. The number of non-ortho nitro benzene ring substituents is 1. The van der Waals surface area contributed by atoms with Crippen LogP contribution in [-0.2, 0) is 12.8 Å². The summed E-state index contributed by atoms with van der Waals surface area (Å²) in [7, 11) is 0. The topological polar surface area (TPSA) is 84.8 Å². The lowest BCUT2D eigenvalue weighted by Crippen LogP contribution is -2.05. The van der Waals surface area contributed by atoms with Crippen LogP contribution in [-0.4, -0.2) is 20.5 Å². The van der Waals surface area contributed by atoms with Gasteiger partial charge in [0.1, 0.15) is 0 Å². The number of hydrogen-bond donors (Lipinski definition) is 1. The van der Waals surface area contributed by atoms with Crippen molar-refractivity contribution in [3.05, 3.63) is 81.0 Å². The summed E-state index contributed by atoms with van der Waals surface area (Å²) in [6.45, 7) is 0. The monoisotopic (exact) mass is 417 g/mol. The van der Waals surface area contributed by atoms with Crippen molar-refractivity contribution in [2.24, 2.45) is 5.10 Å². The van der Waals surface area contributed by atoms with Crippen LogP contribution in [0.25, 0.3) is 16.2 Å². The quantitative estimate of drug-likeness (QED) is 0.271. The molecule has 7 nitrogen and oxygen atoms in total. The number of anilines is 1. The van der Waals surface area contributed by atoms with Gasteiger partial charge < -0.3 is 0 Å². The number of nitro groups is 1. The average molecular weight is 417 g/mol. The van der Waals surface area contributed by atoms with E-state index in [-0.39, 0.29) is 5.69 Å². The van der Waals surface area contributed by atoms with Gasteiger partial charge in [-0.1, -0.05) is 30.3 Å². The highest BCUT2D eigenvalue weighted by atomic mass is 32.1. The maximum Gasteiger partial charge on any atom is 0.269 e. The first-order chi connectivity index (χ1) is 14.7. The fourth-order valence-electron chi connectivity index (χ4n) is 3.81. The van der Waals surface area contributed by atoms with Crippen molar-refractivity contribution in [3.63, 3.8) is 0 Å². The molecule has 0 aliphatic heterocycles. The van der Waals surface area contributed by atoms with Gasteiger partial charge in [0.15, 0.2) is 4.96 Å². The molecule has 0 saturated carbocycles. The van der Waals surface area contributed by atoms with E-state index in [1.54, 1.807) is 29.7 Å². The zero-order chi connectivity index (χ0) is 20.5. The molecule has 1 aliphatic rings. The molecule has 2 heterocycles. The molecular weight excluding hydrogens is 398 g/mol. The highest BCUT2D eigenvalue weighted by molar-refractivity contribution is 7.17. The molecule has 0 unspecified atom stereocenters. The average Bonchev–Trinajstić information content (AvgIpc) is 3.31. The lowest BCUT2D eigenvalue weighted by molar-refractivity contribution is -0.384. The van der Waals surface area contributed by atoms with E-state index in [0.29, 0.717) is 5.69 Å². The van der Waals surface area contributed by atoms with Crippen molar-refractivity contribution in [2.75, 3.05) is 5.43 Å². The second-order valence-electron chi connectivity index (χ2n) is 7.18. The maximum atomic E-state index is 10.8. The Bertz CT molecular complexity index is 1240. The summed E-state index contributed by atoms with van der Waals surface area (Å²) in [6.07, 6.45) is 6.38. The molecule has 0 saturated heterocycles. The van der Waals surface area contributed by atoms with Gasteiger partial charge in [0.2, 0.25) is 0 Å². The molecule has 1 N–H and O–H groups in total. The van der Waals surface area contributed by atoms with E-state index < -0.39 is 4.92 Å². The summed E-state index contributed by atoms with van der Waals surface area (Å²) in [5.74, 6) is 0. The highest BCUT2D eigenvalue weighted by Gasteiger charge is 2.22. The van der Waals surface area contributed by atoms with E-state index in [4.69, 9.17) is 4.98 Å². The number of thiazole rings is 1. The van der Waals surface area contributed by atoms with Gasteiger partial charge in [-0.05, 0) is 37.8 Å². The van der Waals surface area contributed by atoms with Crippen LogP contribution in [0.4, 0.5) is 11.4 Å². The molecule has 0 bridgehead atoms. The molecular formula is C22H19N5O2S. The largest absolute Gasteiger partial charge is 0.285 e. The van der Waals surface area contributed by atoms with Crippen molar-refractivity contribution < 1.29 is 4.92 Å². The molecule has 0 fully saturated rings. The van der Waals surface area contributed by atoms with Crippen molar-refractivity contribution in [3.8, 4) is 11.3 Å². The van der Waals surface area contributed by atoms with Crippen LogP contribution in [0, 0.1) is 10.1 Å². The first-order valence-electron chi connectivity index (χ1n) is 9.82. The number of benzene rings is 2. The first kappa shape index (κ1) is 18.5. The lowest BCUT2D eigenvalue weighted by atomic mass is 10.0. The molecule has 1 aliphatic carbocycles. The number of hydrazone groups is 1. The van der Waals surface area contributed by atoms with E-state index in [0.717, 1.165) is 34.8 Å². The smallest absolute Gasteiger partial charge is 0.269 e. The Morgan fingerprint density at radius 2 is 1.87 bits per heavy atom. The Balaban J connectivity index is 1.53. The van der Waals surface area contributed by atoms with Crippen molar-refractivity contribution in [1.29, 1.82) is 0 Å². The van der Waals surface area contributed by atoms with E-state index in [2.05, 4.69) is 27.1 Å². The van der Waals surface area contributed by atoms with Gasteiger partial charge in [-0.25, -0.2) is 4.98 Å². The van der Waals surface area contributed by atoms with Crippen LogP contribution in [0.2, 0.25) is 0 Å². The third-order valence-electron chi connectivity index (χ3n) is 5.26. The second-order valence-corrected chi connectivity index (χ2v) is 8.24. The molecule has 0 atom stereocenters. The molecule has 2 aromatic heterocycles. The van der Waals surface area contributed by atoms with Gasteiger partial charge in [0.05, 0.1) is 28.2 Å². The van der Waals surface area contributed by atoms with E-state index in [1.165, 1.54) is 35.5 Å². The Kier molecular flexibility index (Phi) is 4.76. The van der Waals surface area contributed by atoms with Gasteiger partial charge in [-0.2, -0.15) is 5.10 Å². The van der Waals surface area contributed by atoms with Gasteiger partial charge in [0, 0.05) is 28.3 Å². The summed E-state index contributed by atoms with van der Waals surface area (Å²) < 4.78 is 2.24. The van der Waals surface area contributed by atoms with E-state index in [1.807, 2.05) is 18.2 Å². The highest BCUT2D eigenvalue weighted by Crippen LogP contribution is 2.34. The lowest BCUT2D eigenvalue weighted by Gasteiger charge is -2.11. The molecule has 2 aromatic carbocycles. The zero-order valence-electron chi connectivity index (χ0n) is 16.1. The van der Waals surface area contributed by atoms with Crippen LogP contribution in [0.1, 0.15) is 29.1 Å². The number of nitrogens with zero attached hydrogens (tertiary/aromatic N) is 4. The minimum Gasteiger partial charge on any atom is -0.285 e. The molecule has 30 heavy (non-hydrogen) atoms. The number of nitro benzene ring substituents is 1. The normalized spacial score (nSPS) is 13.6. The molecule has 4 aromatic rings. The van der Waals surface area contributed by atoms with E-state index in [9.17, 15) is 10.1 Å². The zero-order valence-corrected chi connectivity index (χ0v) is 16.9. The summed E-state index contributed by atoms with van der Waals surface area (Å²) >= 11 is 1.77. The van der Waals surface area contributed by atoms with Gasteiger partial charge in [-0.3, -0.25) is 19.9 Å². The van der Waals surface area contributed by atoms with Crippen molar-refractivity contribution in [2.45, 2.75) is 25.7 Å². The Morgan fingerprint density at radius 1 is 1.10 bits per heavy atom. The number of hydrogen-bond acceptors (Lipinski definition) is 6. The first-order valence-corrected chi connectivity index (χ1v) is 10.6. The Morgan fingerprint density at radius 3 is 2.63 bits per heavy atom. The molecule has 0 amide bonds. The van der Waals surface area contributed by atoms with Crippen molar-refractivity contribution in [1.82, 2.24) is 9.38 Å². The second kappa shape index (κ2) is 7.72. The van der Waals surface area contributed by atoms with Crippen LogP contribution < -0.4 is 5.43 Å². The standard InChI is InChI=1S/C22H19N5O2S/c28-27(29)17-12-10-16(11-13-17)25-23-14-19-21(15-6-2-1-3-7-15)24-22-26(19)18-8-4-5-9-20(18)30-22/h1-3,6-7,10-14,25H,4-5,8-9H2. The number of imidazole rings is 1. The number of aromatic nitrogens is 2. The minimum absolute atomic E-state index is 0.0540. The Hall–Kier alpha value is -3.52. The fraction of sp³-hybridized carbons (Fsp3) is 0.182. The minimum atomic E-state index is -0.415. The molecule has 8 heteroatoms. The van der Waals surface area contributed by atoms with Gasteiger partial charge in [-0.15, -0.1) is 11.3 Å². The van der Waals surface area contributed by atoms with E-state index >= 15 is 0 Å². The number of fused-ring (bicyclic) bond motifs is 3. The summed E-state index contributed by atoms with van der Waals surface area (Å²) in [5.41, 5.74) is 7.96. The number of aryl methyl sites for hydroxylation is 2. The maximum absolute atomic E-state index is 10.8. The number of rotatable bonds is 5. The Labute approximate surface area is 176 Å². The van der Waals surface area contributed by atoms with Crippen molar-refractivity contribution >= 4 is 33.9 Å². The predicted octanol–water partition coefficient (Wildman–Crippen LogP) is 5.30. The third-order valence-corrected chi connectivity index (χ3v) is 6.40. The van der Waals surface area contributed by atoms with Gasteiger partial charge >= 0.3 is 0 Å². The summed E-state index contributed by atoms with van der Waals surface area (Å²) in [4.78, 5) is 17.8. The molecule has 5 rings (SSSR count). The predicted molar refractivity (Wildman–Crippen MR) is 119 cm³/mol. The van der Waals surface area contributed by atoms with Crippen LogP contribution in [0.3, 0.4) is 0 Å². The number of nitrogens with one attached hydrogen (secondary N) is 1. The SMILES string of the molecule is O=[N+]([O-])c1ccc(NN=Cc2c(-c3ccccc3)nc3sc4c(n23)CCCC4)cc1. The van der Waals surface area contributed by atoms with Crippen LogP contribution in [0.5, 0.6) is 0 Å². The van der Waals surface area contributed by atoms with Crippen LogP contribution >= 0.6 is 11.3 Å². The van der Waals surface area contributed by atoms with Crippen LogP contribution in [0.15, 0.2) is 59.7 Å². The third kappa shape index (κ3) is 3.35. The molecule has 0 spiro atoms. The van der Waals surface area contributed by atoms with Gasteiger partial charge in [0.25, 0.3) is 5.69 Å². The molecule has 0 radical (unpaired) electrons.